The van der Waals surface area contributed by atoms with Crippen molar-refractivity contribution in [3.8, 4) is 5.75 Å². The molecular formula is C16H21BrO4. The second-order valence-electron chi connectivity index (χ2n) is 5.68. The van der Waals surface area contributed by atoms with Crippen LogP contribution < -0.4 is 4.74 Å². The SMILES string of the molecule is COc1cc(C)c(Br)cc1C(O)C1CCCCC1C(=O)O. The van der Waals surface area contributed by atoms with E-state index in [1.54, 1.807) is 7.11 Å². The standard InChI is InChI=1S/C16H21BrO4/c1-9-7-14(21-2)12(8-13(9)17)15(18)10-5-3-4-6-11(10)16(19)20/h7-8,10-11,15,18H,3-6H2,1-2H3,(H,19,20). The van der Waals surface area contributed by atoms with Crippen LogP contribution in [0, 0.1) is 18.8 Å². The van der Waals surface area contributed by atoms with Crippen LogP contribution in [0.2, 0.25) is 0 Å². The Hall–Kier alpha value is -1.07. The zero-order valence-corrected chi connectivity index (χ0v) is 13.9. The molecule has 3 unspecified atom stereocenters. The Bertz CT molecular complexity index is 529. The van der Waals surface area contributed by atoms with E-state index in [0.29, 0.717) is 17.7 Å². The number of aryl methyl sites for hydroxylation is 1. The van der Waals surface area contributed by atoms with Gasteiger partial charge in [-0.3, -0.25) is 4.79 Å². The van der Waals surface area contributed by atoms with Crippen molar-refractivity contribution in [1.82, 2.24) is 0 Å². The molecule has 0 heterocycles. The Morgan fingerprint density at radius 3 is 2.67 bits per heavy atom. The van der Waals surface area contributed by atoms with Crippen molar-refractivity contribution in [3.05, 3.63) is 27.7 Å². The molecule has 116 valence electrons. The van der Waals surface area contributed by atoms with Crippen LogP contribution in [-0.2, 0) is 4.79 Å². The fraction of sp³-hybridized carbons (Fsp3) is 0.562. The molecule has 4 nitrogen and oxygen atoms in total. The summed E-state index contributed by atoms with van der Waals surface area (Å²) in [5.41, 5.74) is 1.68. The molecule has 3 atom stereocenters. The smallest absolute Gasteiger partial charge is 0.306 e. The highest BCUT2D eigenvalue weighted by Crippen LogP contribution is 2.42. The fourth-order valence-corrected chi connectivity index (χ4v) is 3.51. The molecule has 1 aromatic rings. The first kappa shape index (κ1) is 16.3. The van der Waals surface area contributed by atoms with Crippen molar-refractivity contribution in [3.63, 3.8) is 0 Å². The van der Waals surface area contributed by atoms with Crippen molar-refractivity contribution < 1.29 is 19.7 Å². The quantitative estimate of drug-likeness (QED) is 0.863. The first-order valence-electron chi connectivity index (χ1n) is 7.20. The molecular weight excluding hydrogens is 336 g/mol. The maximum atomic E-state index is 11.4. The second-order valence-corrected chi connectivity index (χ2v) is 6.54. The van der Waals surface area contributed by atoms with Gasteiger partial charge in [0.15, 0.2) is 0 Å². The number of methoxy groups -OCH3 is 1. The summed E-state index contributed by atoms with van der Waals surface area (Å²) >= 11 is 3.46. The lowest BCUT2D eigenvalue weighted by molar-refractivity contribution is -0.147. The number of hydrogen-bond acceptors (Lipinski definition) is 3. The van der Waals surface area contributed by atoms with Gasteiger partial charge in [0, 0.05) is 16.0 Å². The normalized spacial score (nSPS) is 23.6. The first-order chi connectivity index (χ1) is 9.95. The third-order valence-electron chi connectivity index (χ3n) is 4.37. The average Bonchev–Trinajstić information content (AvgIpc) is 2.48. The molecule has 0 bridgehead atoms. The number of carboxylic acid groups (broad SMARTS) is 1. The molecule has 1 fully saturated rings. The molecule has 0 saturated heterocycles. The molecule has 1 aromatic carbocycles. The molecule has 0 aliphatic heterocycles. The van der Waals surface area contributed by atoms with Gasteiger partial charge >= 0.3 is 5.97 Å². The van der Waals surface area contributed by atoms with E-state index in [0.717, 1.165) is 29.3 Å². The van der Waals surface area contributed by atoms with Crippen molar-refractivity contribution in [2.75, 3.05) is 7.11 Å². The van der Waals surface area contributed by atoms with Gasteiger partial charge in [-0.1, -0.05) is 28.8 Å². The minimum Gasteiger partial charge on any atom is -0.496 e. The summed E-state index contributed by atoms with van der Waals surface area (Å²) < 4.78 is 6.25. The van der Waals surface area contributed by atoms with E-state index < -0.39 is 18.0 Å². The Morgan fingerprint density at radius 2 is 2.05 bits per heavy atom. The summed E-state index contributed by atoms with van der Waals surface area (Å²) in [6, 6.07) is 3.70. The number of carbonyl (C=O) groups is 1. The van der Waals surface area contributed by atoms with Crippen molar-refractivity contribution >= 4 is 21.9 Å². The molecule has 0 spiro atoms. The number of rotatable bonds is 4. The van der Waals surface area contributed by atoms with Gasteiger partial charge < -0.3 is 14.9 Å². The summed E-state index contributed by atoms with van der Waals surface area (Å²) in [6.07, 6.45) is 2.41. The lowest BCUT2D eigenvalue weighted by Crippen LogP contribution is -2.31. The van der Waals surface area contributed by atoms with Crippen molar-refractivity contribution in [1.29, 1.82) is 0 Å². The summed E-state index contributed by atoms with van der Waals surface area (Å²) in [5, 5.41) is 20.1. The number of halogens is 1. The van der Waals surface area contributed by atoms with Crippen LogP contribution in [0.15, 0.2) is 16.6 Å². The predicted molar refractivity (Wildman–Crippen MR) is 83.5 cm³/mol. The highest BCUT2D eigenvalue weighted by molar-refractivity contribution is 9.10. The maximum Gasteiger partial charge on any atom is 0.306 e. The van der Waals surface area contributed by atoms with Gasteiger partial charge in [0.1, 0.15) is 5.75 Å². The molecule has 2 rings (SSSR count). The average molecular weight is 357 g/mol. The van der Waals surface area contributed by atoms with Crippen LogP contribution in [0.3, 0.4) is 0 Å². The Balaban J connectivity index is 2.35. The maximum absolute atomic E-state index is 11.4. The zero-order valence-electron chi connectivity index (χ0n) is 12.3. The number of benzene rings is 1. The lowest BCUT2D eigenvalue weighted by atomic mass is 9.74. The molecule has 1 aliphatic carbocycles. The third kappa shape index (κ3) is 3.40. The summed E-state index contributed by atoms with van der Waals surface area (Å²) in [6.45, 7) is 1.95. The van der Waals surface area contributed by atoms with E-state index >= 15 is 0 Å². The number of aliphatic hydroxyl groups excluding tert-OH is 1. The zero-order chi connectivity index (χ0) is 15.6. The van der Waals surface area contributed by atoms with Gasteiger partial charge in [-0.15, -0.1) is 0 Å². The molecule has 5 heteroatoms. The van der Waals surface area contributed by atoms with Crippen LogP contribution in [-0.4, -0.2) is 23.3 Å². The first-order valence-corrected chi connectivity index (χ1v) is 8.00. The van der Waals surface area contributed by atoms with E-state index in [2.05, 4.69) is 15.9 Å². The van der Waals surface area contributed by atoms with Gasteiger partial charge in [0.25, 0.3) is 0 Å². The minimum atomic E-state index is -0.821. The highest BCUT2D eigenvalue weighted by atomic mass is 79.9. The molecule has 1 aliphatic rings. The van der Waals surface area contributed by atoms with Gasteiger partial charge in [0.2, 0.25) is 0 Å². The van der Waals surface area contributed by atoms with Gasteiger partial charge in [-0.2, -0.15) is 0 Å². The van der Waals surface area contributed by atoms with E-state index in [4.69, 9.17) is 4.74 Å². The van der Waals surface area contributed by atoms with Crippen LogP contribution in [0.25, 0.3) is 0 Å². The molecule has 0 amide bonds. The number of aliphatic carboxylic acids is 1. The molecule has 1 saturated carbocycles. The molecule has 0 radical (unpaired) electrons. The largest absolute Gasteiger partial charge is 0.496 e. The monoisotopic (exact) mass is 356 g/mol. The number of hydrogen-bond donors (Lipinski definition) is 2. The predicted octanol–water partition coefficient (Wildman–Crippen LogP) is 3.69. The second kappa shape index (κ2) is 6.79. The van der Waals surface area contributed by atoms with E-state index in [1.165, 1.54) is 0 Å². The van der Waals surface area contributed by atoms with E-state index in [-0.39, 0.29) is 5.92 Å². The van der Waals surface area contributed by atoms with Crippen LogP contribution in [0.1, 0.15) is 42.9 Å². The topological polar surface area (TPSA) is 66.8 Å². The third-order valence-corrected chi connectivity index (χ3v) is 5.23. The van der Waals surface area contributed by atoms with Gasteiger partial charge in [-0.05, 0) is 37.5 Å². The fourth-order valence-electron chi connectivity index (χ4n) is 3.15. The van der Waals surface area contributed by atoms with Crippen LogP contribution >= 0.6 is 15.9 Å². The summed E-state index contributed by atoms with van der Waals surface area (Å²) in [7, 11) is 1.56. The molecule has 21 heavy (non-hydrogen) atoms. The molecule has 0 aromatic heterocycles. The summed E-state index contributed by atoms with van der Waals surface area (Å²) in [4.78, 5) is 11.4. The van der Waals surface area contributed by atoms with Crippen LogP contribution in [0.4, 0.5) is 0 Å². The van der Waals surface area contributed by atoms with Crippen molar-refractivity contribution in [2.24, 2.45) is 11.8 Å². The Labute approximate surface area is 133 Å². The molecule has 2 N–H and O–H groups in total. The van der Waals surface area contributed by atoms with E-state index in [9.17, 15) is 15.0 Å². The lowest BCUT2D eigenvalue weighted by Gasteiger charge is -2.33. The minimum absolute atomic E-state index is 0.264. The van der Waals surface area contributed by atoms with Gasteiger partial charge in [-0.25, -0.2) is 0 Å². The van der Waals surface area contributed by atoms with Crippen LogP contribution in [0.5, 0.6) is 5.75 Å². The highest BCUT2D eigenvalue weighted by Gasteiger charge is 2.37. The Kier molecular flexibility index (Phi) is 5.27. The number of ether oxygens (including phenoxy) is 1. The Morgan fingerprint density at radius 1 is 1.38 bits per heavy atom. The number of carboxylic acids is 1. The van der Waals surface area contributed by atoms with E-state index in [1.807, 2.05) is 19.1 Å². The number of aliphatic hydroxyl groups is 1. The van der Waals surface area contributed by atoms with Gasteiger partial charge in [0.05, 0.1) is 19.1 Å². The summed E-state index contributed by atoms with van der Waals surface area (Å²) in [5.74, 6) is -0.958. The van der Waals surface area contributed by atoms with Crippen molar-refractivity contribution in [2.45, 2.75) is 38.7 Å².